The molecule has 7 nitrogen and oxygen atoms in total. The molecular weight excluding hydrogens is 308 g/mol. The first-order valence-corrected chi connectivity index (χ1v) is 7.07. The van der Waals surface area contributed by atoms with E-state index in [4.69, 9.17) is 16.3 Å². The van der Waals surface area contributed by atoms with Gasteiger partial charge in [-0.1, -0.05) is 11.6 Å². The normalized spacial score (nSPS) is 11.5. The Balaban J connectivity index is 2.59. The van der Waals surface area contributed by atoms with Crippen LogP contribution in [0.15, 0.2) is 18.3 Å². The number of hydrogen-bond donors (Lipinski definition) is 3. The highest BCUT2D eigenvalue weighted by Gasteiger charge is 2.31. The topological polar surface area (TPSA) is 92.3 Å². The number of rotatable bonds is 4. The van der Waals surface area contributed by atoms with E-state index in [1.807, 2.05) is 0 Å². The average Bonchev–Trinajstić information content (AvgIpc) is 2.34. The Kier molecular flexibility index (Phi) is 5.59. The van der Waals surface area contributed by atoms with Crippen molar-refractivity contribution in [1.29, 1.82) is 0 Å². The first-order valence-electron chi connectivity index (χ1n) is 6.69. The highest BCUT2D eigenvalue weighted by Crippen LogP contribution is 2.16. The van der Waals surface area contributed by atoms with E-state index in [0.717, 1.165) is 0 Å². The molecule has 0 saturated heterocycles. The van der Waals surface area contributed by atoms with E-state index >= 15 is 0 Å². The van der Waals surface area contributed by atoms with Gasteiger partial charge in [0.15, 0.2) is 5.82 Å². The van der Waals surface area contributed by atoms with Crippen LogP contribution in [0.1, 0.15) is 34.6 Å². The Morgan fingerprint density at radius 1 is 1.23 bits per heavy atom. The molecule has 8 heteroatoms. The fourth-order valence-corrected chi connectivity index (χ4v) is 1.53. The average molecular weight is 329 g/mol. The third kappa shape index (κ3) is 5.77. The molecule has 122 valence electrons. The van der Waals surface area contributed by atoms with Gasteiger partial charge in [-0.15, -0.1) is 0 Å². The maximum Gasteiger partial charge on any atom is 0.408 e. The number of pyridine rings is 1. The molecular formula is C14H21ClN4O3. The number of aromatic nitrogens is 1. The number of halogens is 1. The molecule has 1 aromatic heterocycles. The molecule has 3 N–H and O–H groups in total. The quantitative estimate of drug-likeness (QED) is 0.738. The van der Waals surface area contributed by atoms with Gasteiger partial charge in [-0.05, 0) is 46.8 Å². The van der Waals surface area contributed by atoms with Gasteiger partial charge in [0.1, 0.15) is 11.1 Å². The number of hydrazine groups is 1. The van der Waals surface area contributed by atoms with Crippen LogP contribution in [0.4, 0.5) is 10.6 Å². The second kappa shape index (κ2) is 6.83. The largest absolute Gasteiger partial charge is 0.444 e. The molecule has 0 bridgehead atoms. The van der Waals surface area contributed by atoms with E-state index in [9.17, 15) is 9.59 Å². The van der Waals surface area contributed by atoms with E-state index in [1.165, 1.54) is 6.20 Å². The lowest BCUT2D eigenvalue weighted by molar-refractivity contribution is -0.125. The zero-order valence-electron chi connectivity index (χ0n) is 13.3. The van der Waals surface area contributed by atoms with Crippen molar-refractivity contribution in [2.75, 3.05) is 5.43 Å². The van der Waals surface area contributed by atoms with Crippen molar-refractivity contribution in [1.82, 2.24) is 15.7 Å². The Bertz CT molecular complexity index is 555. The summed E-state index contributed by atoms with van der Waals surface area (Å²) in [6.45, 7) is 8.32. The van der Waals surface area contributed by atoms with Crippen molar-refractivity contribution in [3.63, 3.8) is 0 Å². The summed E-state index contributed by atoms with van der Waals surface area (Å²) in [6.07, 6.45) is 0.855. The van der Waals surface area contributed by atoms with Crippen molar-refractivity contribution in [3.05, 3.63) is 23.4 Å². The Morgan fingerprint density at radius 3 is 2.41 bits per heavy atom. The van der Waals surface area contributed by atoms with Gasteiger partial charge in [0.05, 0.1) is 5.02 Å². The minimum Gasteiger partial charge on any atom is -0.444 e. The highest BCUT2D eigenvalue weighted by atomic mass is 35.5. The van der Waals surface area contributed by atoms with Crippen molar-refractivity contribution in [3.8, 4) is 0 Å². The van der Waals surface area contributed by atoms with Gasteiger partial charge in [-0.2, -0.15) is 0 Å². The molecule has 0 aliphatic rings. The molecule has 0 fully saturated rings. The Labute approximate surface area is 134 Å². The van der Waals surface area contributed by atoms with Gasteiger partial charge in [0.2, 0.25) is 0 Å². The summed E-state index contributed by atoms with van der Waals surface area (Å²) in [4.78, 5) is 27.8. The number of hydrogen-bond acceptors (Lipinski definition) is 5. The Hall–Kier alpha value is -2.02. The second-order valence-corrected chi connectivity index (χ2v) is 6.57. The first kappa shape index (κ1) is 18.0. The van der Waals surface area contributed by atoms with Crippen LogP contribution < -0.4 is 16.2 Å². The lowest BCUT2D eigenvalue weighted by Crippen LogP contribution is -2.56. The summed E-state index contributed by atoms with van der Waals surface area (Å²) in [5, 5.41) is 2.86. The van der Waals surface area contributed by atoms with Gasteiger partial charge in [-0.3, -0.25) is 15.6 Å². The van der Waals surface area contributed by atoms with Crippen LogP contribution in [0.2, 0.25) is 5.02 Å². The minimum absolute atomic E-state index is 0.311. The van der Waals surface area contributed by atoms with Crippen LogP contribution in [-0.4, -0.2) is 28.1 Å². The van der Waals surface area contributed by atoms with Crippen LogP contribution in [0, 0.1) is 0 Å². The zero-order chi connectivity index (χ0) is 17.0. The molecule has 2 amide bonds. The van der Waals surface area contributed by atoms with Gasteiger partial charge in [-0.25, -0.2) is 9.78 Å². The van der Waals surface area contributed by atoms with Gasteiger partial charge >= 0.3 is 6.09 Å². The van der Waals surface area contributed by atoms with Gasteiger partial charge < -0.3 is 10.1 Å². The molecule has 0 aromatic carbocycles. The molecule has 22 heavy (non-hydrogen) atoms. The van der Waals surface area contributed by atoms with Crippen molar-refractivity contribution in [2.45, 2.75) is 45.8 Å². The lowest BCUT2D eigenvalue weighted by atomic mass is 10.1. The molecule has 0 radical (unpaired) electrons. The molecule has 0 atom stereocenters. The fourth-order valence-electron chi connectivity index (χ4n) is 1.37. The molecule has 1 heterocycles. The van der Waals surface area contributed by atoms with E-state index in [0.29, 0.717) is 10.8 Å². The third-order valence-corrected chi connectivity index (χ3v) is 2.74. The maximum absolute atomic E-state index is 12.1. The highest BCUT2D eigenvalue weighted by molar-refractivity contribution is 6.32. The summed E-state index contributed by atoms with van der Waals surface area (Å²) in [5.74, 6) is -0.161. The van der Waals surface area contributed by atoms with Crippen molar-refractivity contribution >= 4 is 29.4 Å². The molecule has 0 aliphatic heterocycles. The monoisotopic (exact) mass is 328 g/mol. The maximum atomic E-state index is 12.1. The van der Waals surface area contributed by atoms with E-state index in [-0.39, 0.29) is 0 Å². The number of nitrogens with one attached hydrogen (secondary N) is 3. The fraction of sp³-hybridized carbons (Fsp3) is 0.500. The number of alkyl carbamates (subject to hydrolysis) is 1. The second-order valence-electron chi connectivity index (χ2n) is 6.16. The standard InChI is InChI=1S/C14H21ClN4O3/c1-13(2,3)22-12(21)17-14(4,5)11(20)19-18-10-9(15)7-6-8-16-10/h6-8H,1-5H3,(H,16,18)(H,17,21)(H,19,20). The third-order valence-electron chi connectivity index (χ3n) is 2.43. The number of ether oxygens (including phenoxy) is 1. The summed E-state index contributed by atoms with van der Waals surface area (Å²) in [6, 6.07) is 3.30. The van der Waals surface area contributed by atoms with Crippen LogP contribution in [0.25, 0.3) is 0 Å². The van der Waals surface area contributed by atoms with E-state index in [1.54, 1.807) is 46.8 Å². The Morgan fingerprint density at radius 2 is 1.86 bits per heavy atom. The number of anilines is 1. The predicted molar refractivity (Wildman–Crippen MR) is 84.5 cm³/mol. The van der Waals surface area contributed by atoms with Crippen LogP contribution in [0.5, 0.6) is 0 Å². The number of nitrogens with zero attached hydrogens (tertiary/aromatic N) is 1. The van der Waals surface area contributed by atoms with Gasteiger partial charge in [0, 0.05) is 6.20 Å². The molecule has 1 rings (SSSR count). The zero-order valence-corrected chi connectivity index (χ0v) is 14.0. The molecule has 0 aliphatic carbocycles. The number of amides is 2. The van der Waals surface area contributed by atoms with Crippen molar-refractivity contribution < 1.29 is 14.3 Å². The summed E-state index contributed by atoms with van der Waals surface area (Å²) in [5.41, 5.74) is 3.22. The van der Waals surface area contributed by atoms with Gasteiger partial charge in [0.25, 0.3) is 5.91 Å². The first-order chi connectivity index (χ1) is 10.0. The number of carbonyl (C=O) groups excluding carboxylic acids is 2. The predicted octanol–water partition coefficient (Wildman–Crippen LogP) is 2.48. The summed E-state index contributed by atoms with van der Waals surface area (Å²) >= 11 is 5.91. The molecule has 0 spiro atoms. The summed E-state index contributed by atoms with van der Waals surface area (Å²) in [7, 11) is 0. The lowest BCUT2D eigenvalue weighted by Gasteiger charge is -2.27. The van der Waals surface area contributed by atoms with Crippen molar-refractivity contribution in [2.24, 2.45) is 0 Å². The molecule has 0 unspecified atom stereocenters. The van der Waals surface area contributed by atoms with E-state index in [2.05, 4.69) is 21.2 Å². The van der Waals surface area contributed by atoms with Crippen LogP contribution in [-0.2, 0) is 9.53 Å². The van der Waals surface area contributed by atoms with Crippen LogP contribution >= 0.6 is 11.6 Å². The molecule has 1 aromatic rings. The van der Waals surface area contributed by atoms with Crippen LogP contribution in [0.3, 0.4) is 0 Å². The number of carbonyl (C=O) groups is 2. The van der Waals surface area contributed by atoms with E-state index < -0.39 is 23.1 Å². The molecule has 0 saturated carbocycles. The minimum atomic E-state index is -1.18. The smallest absolute Gasteiger partial charge is 0.408 e. The summed E-state index contributed by atoms with van der Waals surface area (Å²) < 4.78 is 5.12. The SMILES string of the molecule is CC(C)(C)OC(=O)NC(C)(C)C(=O)NNc1ncccc1Cl.